The molecular weight excluding hydrogens is 188 g/mol. The maximum atomic E-state index is 5.40. The first-order valence-electron chi connectivity index (χ1n) is 6.02. The number of likely N-dealkylation sites (tertiary alicyclic amines) is 2. The second-order valence-electron chi connectivity index (χ2n) is 5.87. The predicted molar refractivity (Wildman–Crippen MR) is 62.1 cm³/mol. The molecule has 2 saturated heterocycles. The molecule has 0 amide bonds. The van der Waals surface area contributed by atoms with Crippen molar-refractivity contribution in [1.82, 2.24) is 9.80 Å². The van der Waals surface area contributed by atoms with E-state index in [9.17, 15) is 0 Å². The molecule has 88 valence electrons. The molecule has 3 heteroatoms. The van der Waals surface area contributed by atoms with Crippen LogP contribution in [-0.4, -0.2) is 60.8 Å². The van der Waals surface area contributed by atoms with Crippen LogP contribution in [-0.2, 0) is 4.74 Å². The fraction of sp³-hybridized carbons (Fsp3) is 1.00. The van der Waals surface area contributed by atoms with Gasteiger partial charge < -0.3 is 4.74 Å². The minimum Gasteiger partial charge on any atom is -0.380 e. The van der Waals surface area contributed by atoms with E-state index in [-0.39, 0.29) is 0 Å². The van der Waals surface area contributed by atoms with Gasteiger partial charge in [0, 0.05) is 44.9 Å². The highest BCUT2D eigenvalue weighted by molar-refractivity contribution is 4.96. The predicted octanol–water partition coefficient (Wildman–Crippen LogP) is 1.19. The summed E-state index contributed by atoms with van der Waals surface area (Å²) in [6, 6.07) is 0.782. The first kappa shape index (κ1) is 11.4. The van der Waals surface area contributed by atoms with Gasteiger partial charge in [-0.15, -0.1) is 0 Å². The molecule has 1 atom stereocenters. The van der Waals surface area contributed by atoms with E-state index in [0.29, 0.717) is 11.6 Å². The fourth-order valence-electron chi connectivity index (χ4n) is 2.51. The normalized spacial score (nSPS) is 30.8. The first-order valence-corrected chi connectivity index (χ1v) is 6.02. The molecule has 15 heavy (non-hydrogen) atoms. The van der Waals surface area contributed by atoms with Gasteiger partial charge in [0.1, 0.15) is 0 Å². The van der Waals surface area contributed by atoms with E-state index in [1.54, 1.807) is 0 Å². The van der Waals surface area contributed by atoms with Crippen molar-refractivity contribution in [2.24, 2.45) is 0 Å². The van der Waals surface area contributed by atoms with Gasteiger partial charge in [-0.25, -0.2) is 0 Å². The molecule has 0 spiro atoms. The standard InChI is InChI=1S/C12H24N2O/c1-12(2,3)14-7-10(8-14)13-6-5-11(9-13)15-4/h10-11H,5-9H2,1-4H3/t11-/m1/s1. The lowest BCUT2D eigenvalue weighted by atomic mass is 9.97. The van der Waals surface area contributed by atoms with Crippen LogP contribution >= 0.6 is 0 Å². The fourth-order valence-corrected chi connectivity index (χ4v) is 2.51. The van der Waals surface area contributed by atoms with Gasteiger partial charge in [-0.3, -0.25) is 9.80 Å². The van der Waals surface area contributed by atoms with Crippen LogP contribution in [0.1, 0.15) is 27.2 Å². The average molecular weight is 212 g/mol. The third-order valence-corrected chi connectivity index (χ3v) is 3.84. The van der Waals surface area contributed by atoms with Crippen molar-refractivity contribution in [3.63, 3.8) is 0 Å². The summed E-state index contributed by atoms with van der Waals surface area (Å²) in [6.07, 6.45) is 1.69. The number of methoxy groups -OCH3 is 1. The van der Waals surface area contributed by atoms with Crippen molar-refractivity contribution >= 4 is 0 Å². The summed E-state index contributed by atoms with van der Waals surface area (Å²) in [5, 5.41) is 0. The molecule has 2 fully saturated rings. The zero-order valence-electron chi connectivity index (χ0n) is 10.5. The van der Waals surface area contributed by atoms with E-state index in [2.05, 4.69) is 30.6 Å². The lowest BCUT2D eigenvalue weighted by Gasteiger charge is -2.50. The molecule has 0 N–H and O–H groups in total. The molecule has 0 saturated carbocycles. The van der Waals surface area contributed by atoms with Gasteiger partial charge in [-0.05, 0) is 27.2 Å². The zero-order valence-corrected chi connectivity index (χ0v) is 10.5. The van der Waals surface area contributed by atoms with Gasteiger partial charge in [0.05, 0.1) is 6.10 Å². The van der Waals surface area contributed by atoms with Gasteiger partial charge in [0.25, 0.3) is 0 Å². The molecular formula is C12H24N2O. The Bertz CT molecular complexity index is 218. The van der Waals surface area contributed by atoms with E-state index in [4.69, 9.17) is 4.74 Å². The van der Waals surface area contributed by atoms with Gasteiger partial charge in [0.15, 0.2) is 0 Å². The number of nitrogens with zero attached hydrogens (tertiary/aromatic N) is 2. The van der Waals surface area contributed by atoms with E-state index in [0.717, 1.165) is 12.6 Å². The monoisotopic (exact) mass is 212 g/mol. The molecule has 2 heterocycles. The molecule has 0 radical (unpaired) electrons. The molecule has 0 aromatic carbocycles. The van der Waals surface area contributed by atoms with Crippen molar-refractivity contribution in [2.75, 3.05) is 33.3 Å². The van der Waals surface area contributed by atoms with Gasteiger partial charge in [-0.1, -0.05) is 0 Å². The summed E-state index contributed by atoms with van der Waals surface area (Å²) in [6.45, 7) is 11.7. The van der Waals surface area contributed by atoms with E-state index in [1.165, 1.54) is 26.1 Å². The summed E-state index contributed by atoms with van der Waals surface area (Å²) < 4.78 is 5.40. The van der Waals surface area contributed by atoms with E-state index >= 15 is 0 Å². The maximum absolute atomic E-state index is 5.40. The van der Waals surface area contributed by atoms with Gasteiger partial charge in [0.2, 0.25) is 0 Å². The minimum absolute atomic E-state index is 0.344. The highest BCUT2D eigenvalue weighted by atomic mass is 16.5. The van der Waals surface area contributed by atoms with Crippen LogP contribution in [0, 0.1) is 0 Å². The largest absolute Gasteiger partial charge is 0.380 e. The maximum Gasteiger partial charge on any atom is 0.0710 e. The summed E-state index contributed by atoms with van der Waals surface area (Å²) in [5.74, 6) is 0. The van der Waals surface area contributed by atoms with Crippen LogP contribution in [0.3, 0.4) is 0 Å². The average Bonchev–Trinajstić information content (AvgIpc) is 2.47. The Labute approximate surface area is 93.4 Å². The highest BCUT2D eigenvalue weighted by Crippen LogP contribution is 2.26. The summed E-state index contributed by atoms with van der Waals surface area (Å²) in [4.78, 5) is 5.15. The van der Waals surface area contributed by atoms with Crippen molar-refractivity contribution in [3.05, 3.63) is 0 Å². The Morgan fingerprint density at radius 2 is 1.80 bits per heavy atom. The Kier molecular flexibility index (Phi) is 3.06. The number of ether oxygens (including phenoxy) is 1. The van der Waals surface area contributed by atoms with Crippen LogP contribution in [0.4, 0.5) is 0 Å². The smallest absolute Gasteiger partial charge is 0.0710 e. The summed E-state index contributed by atoms with van der Waals surface area (Å²) in [7, 11) is 1.83. The molecule has 0 unspecified atom stereocenters. The van der Waals surface area contributed by atoms with Gasteiger partial charge in [-0.2, -0.15) is 0 Å². The third-order valence-electron chi connectivity index (χ3n) is 3.84. The van der Waals surface area contributed by atoms with Gasteiger partial charge >= 0.3 is 0 Å². The summed E-state index contributed by atoms with van der Waals surface area (Å²) >= 11 is 0. The number of hydrogen-bond donors (Lipinski definition) is 0. The molecule has 0 aromatic rings. The minimum atomic E-state index is 0.344. The topological polar surface area (TPSA) is 15.7 Å². The van der Waals surface area contributed by atoms with E-state index in [1.807, 2.05) is 7.11 Å². The molecule has 2 aliphatic heterocycles. The second kappa shape index (κ2) is 4.04. The molecule has 0 bridgehead atoms. The Morgan fingerprint density at radius 1 is 1.13 bits per heavy atom. The number of hydrogen-bond acceptors (Lipinski definition) is 3. The Hall–Kier alpha value is -0.120. The summed E-state index contributed by atoms with van der Waals surface area (Å²) in [5.41, 5.74) is 0.344. The molecule has 2 rings (SSSR count). The van der Waals surface area contributed by atoms with Crippen molar-refractivity contribution in [2.45, 2.75) is 44.9 Å². The lowest BCUT2D eigenvalue weighted by Crippen LogP contribution is -2.64. The van der Waals surface area contributed by atoms with Crippen LogP contribution in [0.5, 0.6) is 0 Å². The number of rotatable bonds is 2. The van der Waals surface area contributed by atoms with Crippen LogP contribution < -0.4 is 0 Å². The van der Waals surface area contributed by atoms with Crippen LogP contribution in [0.2, 0.25) is 0 Å². The molecule has 2 aliphatic rings. The third kappa shape index (κ3) is 2.35. The van der Waals surface area contributed by atoms with Crippen LogP contribution in [0.25, 0.3) is 0 Å². The van der Waals surface area contributed by atoms with Crippen molar-refractivity contribution in [3.8, 4) is 0 Å². The first-order chi connectivity index (χ1) is 7.00. The van der Waals surface area contributed by atoms with Crippen LogP contribution in [0.15, 0.2) is 0 Å². The zero-order chi connectivity index (χ0) is 11.1. The Balaban J connectivity index is 1.76. The van der Waals surface area contributed by atoms with Crippen molar-refractivity contribution < 1.29 is 4.74 Å². The van der Waals surface area contributed by atoms with Crippen molar-refractivity contribution in [1.29, 1.82) is 0 Å². The molecule has 0 aromatic heterocycles. The molecule has 3 nitrogen and oxygen atoms in total. The second-order valence-corrected chi connectivity index (χ2v) is 5.87. The SMILES string of the molecule is CO[C@@H]1CCN(C2CN(C(C)(C)C)C2)C1. The highest BCUT2D eigenvalue weighted by Gasteiger charge is 2.39. The quantitative estimate of drug-likeness (QED) is 0.684. The molecule has 0 aliphatic carbocycles. The van der Waals surface area contributed by atoms with E-state index < -0.39 is 0 Å². The Morgan fingerprint density at radius 3 is 2.27 bits per heavy atom. The lowest BCUT2D eigenvalue weighted by molar-refractivity contribution is -0.0190.